The molecule has 5 nitrogen and oxygen atoms in total. The first-order valence-corrected chi connectivity index (χ1v) is 11.9. The molecular weight excluding hydrogens is 477 g/mol. The standard InChI is InChI=1S/C22H16Cl3N3O2S/c23-17-8-6-16(7-9-17)21-20(15-4-2-1-3-5-15)14-28(26-21)22(25)27-31(29,30)19-12-10-18(24)11-13-19/h2,4-14H,1,3H2. The Morgan fingerprint density at radius 2 is 1.61 bits per heavy atom. The largest absolute Gasteiger partial charge is 0.285 e. The monoisotopic (exact) mass is 491 g/mol. The minimum Gasteiger partial charge on any atom is -0.211 e. The summed E-state index contributed by atoms with van der Waals surface area (Å²) in [6.07, 6.45) is 9.75. The van der Waals surface area contributed by atoms with Gasteiger partial charge in [0.2, 0.25) is 5.29 Å². The number of allylic oxidation sites excluding steroid dienone is 4. The van der Waals surface area contributed by atoms with Gasteiger partial charge in [0.25, 0.3) is 10.0 Å². The Balaban J connectivity index is 1.78. The summed E-state index contributed by atoms with van der Waals surface area (Å²) in [7, 11) is -4.03. The zero-order valence-corrected chi connectivity index (χ0v) is 19.1. The molecule has 0 unspecified atom stereocenters. The molecule has 0 spiro atoms. The second-order valence-corrected chi connectivity index (χ2v) is 9.59. The minimum atomic E-state index is -4.03. The van der Waals surface area contributed by atoms with Crippen molar-refractivity contribution < 1.29 is 8.42 Å². The lowest BCUT2D eigenvalue weighted by molar-refractivity contribution is 0.598. The molecule has 158 valence electrons. The molecule has 0 saturated heterocycles. The van der Waals surface area contributed by atoms with Crippen LogP contribution in [0.4, 0.5) is 0 Å². The molecule has 1 heterocycles. The molecule has 3 aromatic rings. The van der Waals surface area contributed by atoms with Crippen LogP contribution in [0.25, 0.3) is 16.8 Å². The SMILES string of the molecule is O=S(=O)(N=C(Cl)n1cc(C2=CCCC=C2)c(-c2ccc(Cl)cc2)n1)c1ccc(Cl)cc1. The highest BCUT2D eigenvalue weighted by molar-refractivity contribution is 7.90. The highest BCUT2D eigenvalue weighted by atomic mass is 35.5. The van der Waals surface area contributed by atoms with Crippen molar-refractivity contribution in [2.45, 2.75) is 17.7 Å². The van der Waals surface area contributed by atoms with Crippen LogP contribution in [0.15, 0.2) is 82.2 Å². The lowest BCUT2D eigenvalue weighted by atomic mass is 9.97. The maximum Gasteiger partial charge on any atom is 0.285 e. The summed E-state index contributed by atoms with van der Waals surface area (Å²) in [4.78, 5) is -0.0155. The van der Waals surface area contributed by atoms with Crippen molar-refractivity contribution in [3.63, 3.8) is 0 Å². The van der Waals surface area contributed by atoms with Crippen LogP contribution in [-0.2, 0) is 10.0 Å². The van der Waals surface area contributed by atoms with E-state index in [0.29, 0.717) is 15.7 Å². The zero-order chi connectivity index (χ0) is 22.0. The normalized spacial score (nSPS) is 14.5. The number of halogens is 3. The third kappa shape index (κ3) is 4.93. The molecule has 1 aliphatic carbocycles. The number of hydrogen-bond donors (Lipinski definition) is 0. The molecule has 0 aliphatic heterocycles. The van der Waals surface area contributed by atoms with E-state index in [1.54, 1.807) is 18.3 Å². The van der Waals surface area contributed by atoms with Gasteiger partial charge in [-0.25, -0.2) is 4.68 Å². The van der Waals surface area contributed by atoms with Gasteiger partial charge in [0.05, 0.1) is 4.90 Å². The lowest BCUT2D eigenvalue weighted by Gasteiger charge is -2.07. The molecule has 0 radical (unpaired) electrons. The number of hydrogen-bond acceptors (Lipinski definition) is 3. The summed E-state index contributed by atoms with van der Waals surface area (Å²) in [5.41, 5.74) is 3.26. The topological polar surface area (TPSA) is 64.3 Å². The van der Waals surface area contributed by atoms with Gasteiger partial charge in [-0.3, -0.25) is 0 Å². The smallest absolute Gasteiger partial charge is 0.211 e. The van der Waals surface area contributed by atoms with Crippen LogP contribution in [0.5, 0.6) is 0 Å². The van der Waals surface area contributed by atoms with Gasteiger partial charge in [0.1, 0.15) is 5.69 Å². The number of nitrogens with zero attached hydrogens (tertiary/aromatic N) is 3. The van der Waals surface area contributed by atoms with Crippen molar-refractivity contribution in [3.05, 3.63) is 88.6 Å². The van der Waals surface area contributed by atoms with Gasteiger partial charge in [0.15, 0.2) is 0 Å². The van der Waals surface area contributed by atoms with Gasteiger partial charge in [-0.15, -0.1) is 4.40 Å². The molecule has 31 heavy (non-hydrogen) atoms. The molecule has 0 saturated carbocycles. The van der Waals surface area contributed by atoms with E-state index in [0.717, 1.165) is 29.5 Å². The second kappa shape index (κ2) is 9.01. The van der Waals surface area contributed by atoms with Crippen LogP contribution in [0.1, 0.15) is 18.4 Å². The van der Waals surface area contributed by atoms with Crippen molar-refractivity contribution in [2.75, 3.05) is 0 Å². The zero-order valence-electron chi connectivity index (χ0n) is 16.0. The summed E-state index contributed by atoms with van der Waals surface area (Å²) in [6.45, 7) is 0. The van der Waals surface area contributed by atoms with E-state index in [1.807, 2.05) is 18.2 Å². The highest BCUT2D eigenvalue weighted by Crippen LogP contribution is 2.31. The summed E-state index contributed by atoms with van der Waals surface area (Å²) in [5, 5.41) is 5.26. The van der Waals surface area contributed by atoms with Crippen LogP contribution in [-0.4, -0.2) is 23.5 Å². The highest BCUT2D eigenvalue weighted by Gasteiger charge is 2.19. The van der Waals surface area contributed by atoms with Crippen molar-refractivity contribution in [2.24, 2.45) is 4.40 Å². The van der Waals surface area contributed by atoms with Gasteiger partial charge in [-0.1, -0.05) is 53.6 Å². The Labute approximate surface area is 195 Å². The molecule has 0 atom stereocenters. The number of aromatic nitrogens is 2. The Bertz CT molecular complexity index is 1310. The summed E-state index contributed by atoms with van der Waals surface area (Å²) in [5.74, 6) is 0. The molecule has 4 rings (SSSR count). The quantitative estimate of drug-likeness (QED) is 0.312. The van der Waals surface area contributed by atoms with Crippen LogP contribution in [0, 0.1) is 0 Å². The van der Waals surface area contributed by atoms with E-state index in [1.165, 1.54) is 28.9 Å². The van der Waals surface area contributed by atoms with Crippen LogP contribution >= 0.6 is 34.8 Å². The number of rotatable bonds is 4. The van der Waals surface area contributed by atoms with Gasteiger partial charge in [-0.05, 0) is 66.4 Å². The fraction of sp³-hybridized carbons (Fsp3) is 0.0909. The predicted molar refractivity (Wildman–Crippen MR) is 126 cm³/mol. The van der Waals surface area contributed by atoms with Crippen molar-refractivity contribution >= 4 is 55.7 Å². The Hall–Kier alpha value is -2.38. The van der Waals surface area contributed by atoms with Gasteiger partial charge in [-0.2, -0.15) is 13.5 Å². The van der Waals surface area contributed by atoms with Gasteiger partial charge < -0.3 is 0 Å². The first-order valence-electron chi connectivity index (χ1n) is 9.32. The summed E-state index contributed by atoms with van der Waals surface area (Å²) < 4.78 is 30.3. The van der Waals surface area contributed by atoms with E-state index in [4.69, 9.17) is 34.8 Å². The molecule has 2 aromatic carbocycles. The number of benzene rings is 2. The predicted octanol–water partition coefficient (Wildman–Crippen LogP) is 6.42. The van der Waals surface area contributed by atoms with E-state index >= 15 is 0 Å². The van der Waals surface area contributed by atoms with Crippen LogP contribution in [0.3, 0.4) is 0 Å². The second-order valence-electron chi connectivity index (χ2n) is 6.77. The molecule has 1 aromatic heterocycles. The molecule has 0 N–H and O–H groups in total. The lowest BCUT2D eigenvalue weighted by Crippen LogP contribution is -2.09. The third-order valence-electron chi connectivity index (χ3n) is 4.63. The maximum atomic E-state index is 12.6. The average molecular weight is 493 g/mol. The Morgan fingerprint density at radius 3 is 2.23 bits per heavy atom. The molecule has 0 amide bonds. The molecule has 0 fully saturated rings. The third-order valence-corrected chi connectivity index (χ3v) is 6.78. The Kier molecular flexibility index (Phi) is 6.34. The maximum absolute atomic E-state index is 12.6. The molecule has 0 bridgehead atoms. The molecular formula is C22H16Cl3N3O2S. The number of sulfonamides is 1. The fourth-order valence-electron chi connectivity index (χ4n) is 3.11. The summed E-state index contributed by atoms with van der Waals surface area (Å²) in [6, 6.07) is 12.9. The van der Waals surface area contributed by atoms with Crippen molar-refractivity contribution in [3.8, 4) is 11.3 Å². The fourth-order valence-corrected chi connectivity index (χ4v) is 4.59. The van der Waals surface area contributed by atoms with Crippen molar-refractivity contribution in [1.29, 1.82) is 0 Å². The first kappa shape index (κ1) is 21.8. The van der Waals surface area contributed by atoms with E-state index in [-0.39, 0.29) is 10.2 Å². The van der Waals surface area contributed by atoms with E-state index < -0.39 is 10.0 Å². The van der Waals surface area contributed by atoms with Gasteiger partial charge >= 0.3 is 0 Å². The Morgan fingerprint density at radius 1 is 0.968 bits per heavy atom. The van der Waals surface area contributed by atoms with Gasteiger partial charge in [0, 0.05) is 27.4 Å². The van der Waals surface area contributed by atoms with E-state index in [2.05, 4.69) is 21.6 Å². The average Bonchev–Trinajstić information content (AvgIpc) is 3.21. The van der Waals surface area contributed by atoms with Crippen LogP contribution in [0.2, 0.25) is 10.0 Å². The van der Waals surface area contributed by atoms with Crippen molar-refractivity contribution in [1.82, 2.24) is 9.78 Å². The first-order chi connectivity index (χ1) is 14.8. The molecule has 1 aliphatic rings. The van der Waals surface area contributed by atoms with E-state index in [9.17, 15) is 8.42 Å². The minimum absolute atomic E-state index is 0.0155. The summed E-state index contributed by atoms with van der Waals surface area (Å²) >= 11 is 18.2. The van der Waals surface area contributed by atoms with Crippen LogP contribution < -0.4 is 0 Å². The molecule has 9 heteroatoms.